The van der Waals surface area contributed by atoms with Gasteiger partial charge >= 0.3 is 12.1 Å². The SMILES string of the molecule is CCCCOC(=O)O[C@@H](C)[C@@H](C)OC(=O)[C@@H](N)Cc1ccc(O)c(O)c1. The largest absolute Gasteiger partial charge is 0.508 e. The monoisotopic (exact) mass is 369 g/mol. The van der Waals surface area contributed by atoms with Gasteiger partial charge in [-0.1, -0.05) is 19.4 Å². The highest BCUT2D eigenvalue weighted by Gasteiger charge is 2.24. The number of ether oxygens (including phenoxy) is 3. The van der Waals surface area contributed by atoms with Crippen LogP contribution in [0.25, 0.3) is 0 Å². The summed E-state index contributed by atoms with van der Waals surface area (Å²) < 4.78 is 15.1. The number of hydrogen-bond acceptors (Lipinski definition) is 8. The third kappa shape index (κ3) is 7.18. The molecule has 0 radical (unpaired) electrons. The van der Waals surface area contributed by atoms with Crippen LogP contribution in [0.4, 0.5) is 4.79 Å². The molecule has 0 unspecified atom stereocenters. The Morgan fingerprint density at radius 2 is 1.77 bits per heavy atom. The summed E-state index contributed by atoms with van der Waals surface area (Å²) in [6, 6.07) is 3.21. The van der Waals surface area contributed by atoms with Crippen molar-refractivity contribution in [2.24, 2.45) is 5.73 Å². The van der Waals surface area contributed by atoms with Gasteiger partial charge in [0.25, 0.3) is 0 Å². The molecule has 0 heterocycles. The number of phenols is 2. The van der Waals surface area contributed by atoms with Crippen LogP contribution in [-0.2, 0) is 25.4 Å². The highest BCUT2D eigenvalue weighted by Crippen LogP contribution is 2.25. The summed E-state index contributed by atoms with van der Waals surface area (Å²) in [5, 5.41) is 18.7. The zero-order chi connectivity index (χ0) is 19.7. The van der Waals surface area contributed by atoms with Crippen molar-refractivity contribution >= 4 is 12.1 Å². The lowest BCUT2D eigenvalue weighted by Crippen LogP contribution is -2.39. The first-order valence-corrected chi connectivity index (χ1v) is 8.54. The van der Waals surface area contributed by atoms with Crippen LogP contribution in [0.1, 0.15) is 39.2 Å². The van der Waals surface area contributed by atoms with E-state index in [1.165, 1.54) is 12.1 Å². The lowest BCUT2D eigenvalue weighted by atomic mass is 10.1. The van der Waals surface area contributed by atoms with E-state index in [0.717, 1.165) is 12.8 Å². The number of rotatable bonds is 9. The van der Waals surface area contributed by atoms with Crippen LogP contribution in [-0.4, -0.2) is 47.2 Å². The molecule has 0 fully saturated rings. The first-order chi connectivity index (χ1) is 12.2. The topological polar surface area (TPSA) is 128 Å². The second-order valence-electron chi connectivity index (χ2n) is 6.05. The fraction of sp³-hybridized carbons (Fsp3) is 0.556. The molecule has 1 aromatic rings. The van der Waals surface area contributed by atoms with Gasteiger partial charge in [0.2, 0.25) is 0 Å². The van der Waals surface area contributed by atoms with Gasteiger partial charge in [0.15, 0.2) is 11.5 Å². The van der Waals surface area contributed by atoms with Gasteiger partial charge in [-0.25, -0.2) is 4.79 Å². The molecule has 1 aromatic carbocycles. The standard InChI is InChI=1S/C18H27NO7/c1-4-5-8-24-18(23)26-12(3)11(2)25-17(22)14(19)9-13-6-7-15(20)16(21)10-13/h6-7,10-12,14,20-21H,4-5,8-9,19H2,1-3H3/t11-,12+,14+/m1/s1. The number of nitrogens with two attached hydrogens (primary N) is 1. The molecule has 8 heteroatoms. The molecule has 0 saturated heterocycles. The Morgan fingerprint density at radius 1 is 1.12 bits per heavy atom. The van der Waals surface area contributed by atoms with E-state index < -0.39 is 30.4 Å². The van der Waals surface area contributed by atoms with E-state index in [4.69, 9.17) is 19.9 Å². The number of esters is 1. The zero-order valence-corrected chi connectivity index (χ0v) is 15.3. The van der Waals surface area contributed by atoms with Crippen molar-refractivity contribution in [3.8, 4) is 11.5 Å². The van der Waals surface area contributed by atoms with Gasteiger partial charge in [0, 0.05) is 0 Å². The van der Waals surface area contributed by atoms with Gasteiger partial charge in [-0.2, -0.15) is 0 Å². The molecule has 0 aliphatic rings. The van der Waals surface area contributed by atoms with Gasteiger partial charge in [0.1, 0.15) is 18.2 Å². The molecule has 146 valence electrons. The fourth-order valence-corrected chi connectivity index (χ4v) is 1.98. The average molecular weight is 369 g/mol. The van der Waals surface area contributed by atoms with Crippen molar-refractivity contribution in [1.29, 1.82) is 0 Å². The quantitative estimate of drug-likeness (QED) is 0.343. The Hall–Kier alpha value is -2.48. The predicted molar refractivity (Wildman–Crippen MR) is 93.8 cm³/mol. The summed E-state index contributed by atoms with van der Waals surface area (Å²) >= 11 is 0. The zero-order valence-electron chi connectivity index (χ0n) is 15.3. The number of aromatic hydroxyl groups is 2. The number of hydrogen-bond donors (Lipinski definition) is 3. The molecule has 0 saturated carbocycles. The van der Waals surface area contributed by atoms with Crippen LogP contribution >= 0.6 is 0 Å². The maximum Gasteiger partial charge on any atom is 0.508 e. The van der Waals surface area contributed by atoms with Crippen molar-refractivity contribution in [3.63, 3.8) is 0 Å². The van der Waals surface area contributed by atoms with Crippen molar-refractivity contribution in [3.05, 3.63) is 23.8 Å². The average Bonchev–Trinajstić information content (AvgIpc) is 2.58. The Morgan fingerprint density at radius 3 is 2.38 bits per heavy atom. The molecule has 0 bridgehead atoms. The highest BCUT2D eigenvalue weighted by atomic mass is 16.7. The number of carbonyl (C=O) groups is 2. The Labute approximate surface area is 152 Å². The first kappa shape index (κ1) is 21.6. The molecular formula is C18H27NO7. The van der Waals surface area contributed by atoms with Crippen LogP contribution in [0.2, 0.25) is 0 Å². The van der Waals surface area contributed by atoms with E-state index in [1.807, 2.05) is 6.92 Å². The van der Waals surface area contributed by atoms with Crippen LogP contribution in [0.15, 0.2) is 18.2 Å². The fourth-order valence-electron chi connectivity index (χ4n) is 1.98. The van der Waals surface area contributed by atoms with Crippen molar-refractivity contribution in [2.75, 3.05) is 6.61 Å². The Bertz CT molecular complexity index is 605. The van der Waals surface area contributed by atoms with Gasteiger partial charge in [-0.3, -0.25) is 4.79 Å². The van der Waals surface area contributed by atoms with Crippen molar-refractivity contribution in [2.45, 2.75) is 58.3 Å². The number of phenolic OH excluding ortho intramolecular Hbond substituents is 2. The Kier molecular flexibility index (Phi) is 8.71. The summed E-state index contributed by atoms with van der Waals surface area (Å²) in [5.74, 6) is -1.21. The molecule has 8 nitrogen and oxygen atoms in total. The van der Waals surface area contributed by atoms with Gasteiger partial charge < -0.3 is 30.2 Å². The number of unbranched alkanes of at least 4 members (excludes halogenated alkanes) is 1. The van der Waals surface area contributed by atoms with E-state index in [2.05, 4.69) is 0 Å². The maximum atomic E-state index is 12.1. The lowest BCUT2D eigenvalue weighted by molar-refractivity contribution is -0.155. The molecule has 0 aliphatic carbocycles. The molecule has 4 N–H and O–H groups in total. The van der Waals surface area contributed by atoms with Crippen LogP contribution in [0.5, 0.6) is 11.5 Å². The summed E-state index contributed by atoms with van der Waals surface area (Å²) in [6.45, 7) is 5.42. The van der Waals surface area contributed by atoms with E-state index >= 15 is 0 Å². The Balaban J connectivity index is 2.46. The van der Waals surface area contributed by atoms with Crippen LogP contribution in [0, 0.1) is 0 Å². The second-order valence-corrected chi connectivity index (χ2v) is 6.05. The molecule has 0 aliphatic heterocycles. The smallest absolute Gasteiger partial charge is 0.504 e. The minimum atomic E-state index is -0.968. The third-order valence-corrected chi connectivity index (χ3v) is 3.76. The summed E-state index contributed by atoms with van der Waals surface area (Å²) in [6.07, 6.45) is -0.451. The van der Waals surface area contributed by atoms with E-state index in [-0.39, 0.29) is 24.5 Å². The van der Waals surface area contributed by atoms with Crippen LogP contribution in [0.3, 0.4) is 0 Å². The minimum absolute atomic E-state index is 0.119. The number of carbonyl (C=O) groups excluding carboxylic acids is 2. The first-order valence-electron chi connectivity index (χ1n) is 8.54. The van der Waals surface area contributed by atoms with Gasteiger partial charge in [-0.15, -0.1) is 0 Å². The predicted octanol–water partition coefficient (Wildman–Crippen LogP) is 2.24. The van der Waals surface area contributed by atoms with Gasteiger partial charge in [-0.05, 0) is 44.4 Å². The van der Waals surface area contributed by atoms with E-state index in [9.17, 15) is 19.8 Å². The molecule has 0 spiro atoms. The van der Waals surface area contributed by atoms with E-state index in [0.29, 0.717) is 5.56 Å². The molecular weight excluding hydrogens is 342 g/mol. The molecule has 1 rings (SSSR count). The molecule has 0 amide bonds. The van der Waals surface area contributed by atoms with Crippen molar-refractivity contribution < 1.29 is 34.0 Å². The lowest BCUT2D eigenvalue weighted by Gasteiger charge is -2.22. The third-order valence-electron chi connectivity index (χ3n) is 3.76. The highest BCUT2D eigenvalue weighted by molar-refractivity contribution is 5.76. The normalized spacial score (nSPS) is 14.2. The van der Waals surface area contributed by atoms with E-state index in [1.54, 1.807) is 19.9 Å². The van der Waals surface area contributed by atoms with Crippen molar-refractivity contribution in [1.82, 2.24) is 0 Å². The second kappa shape index (κ2) is 10.5. The molecule has 0 aromatic heterocycles. The summed E-state index contributed by atoms with van der Waals surface area (Å²) in [4.78, 5) is 23.6. The van der Waals surface area contributed by atoms with Gasteiger partial charge in [0.05, 0.1) is 6.61 Å². The summed E-state index contributed by atoms with van der Waals surface area (Å²) in [5.41, 5.74) is 6.39. The van der Waals surface area contributed by atoms with Crippen LogP contribution < -0.4 is 5.73 Å². The minimum Gasteiger partial charge on any atom is -0.504 e. The summed E-state index contributed by atoms with van der Waals surface area (Å²) in [7, 11) is 0. The maximum absolute atomic E-state index is 12.1. The number of benzene rings is 1. The molecule has 26 heavy (non-hydrogen) atoms. The molecule has 3 atom stereocenters.